The number of nitrogens with zero attached hydrogens (tertiary/aromatic N) is 7. The van der Waals surface area contributed by atoms with Gasteiger partial charge < -0.3 is 76.8 Å². The van der Waals surface area contributed by atoms with Crippen molar-refractivity contribution in [3.63, 3.8) is 0 Å². The quantitative estimate of drug-likeness (QED) is 0.0339. The molecule has 16 rings (SSSR count). The first kappa shape index (κ1) is 112. The first-order valence-corrected chi connectivity index (χ1v) is 50.0. The first-order chi connectivity index (χ1) is 65.9. The maximum atomic E-state index is 13.9. The summed E-state index contributed by atoms with van der Waals surface area (Å²) >= 11 is 0. The molecule has 10 aliphatic rings. The third-order valence-electron chi connectivity index (χ3n) is 29.7. The highest BCUT2D eigenvalue weighted by Crippen LogP contribution is 2.39. The molecule has 768 valence electrons. The van der Waals surface area contributed by atoms with Gasteiger partial charge in [-0.3, -0.25) is 82.6 Å². The van der Waals surface area contributed by atoms with Crippen molar-refractivity contribution < 1.29 is 71.9 Å². The van der Waals surface area contributed by atoms with Gasteiger partial charge in [-0.1, -0.05) is 193 Å². The lowest BCUT2D eigenvalue weighted by atomic mass is 9.87. The predicted octanol–water partition coefficient (Wildman–Crippen LogP) is 12.7. The molecule has 13 unspecified atom stereocenters. The Morgan fingerprint density at radius 3 is 1.06 bits per heavy atom. The SMILES string of the molecule is C.C.C.C.CC(=O)N(C)[C@@H](C)C(=O)NC1CCCN(C(C)=O)[C@H]2CCC(C(=O)Nc3cccc4ccccc34)N2C1=O.CC[C@@H](C)C(=O)NC1CCCN(C(C)=O)C2CCC(C(=O)NC3CCCc4ccccc43)N2C1=O.CC[C@@H](C)C(=O)NC1CCCNC2CCC(C(=O)NC3CCCc4ccccc43)N2C1=O.CC[C@@H](C)C(=O)NC1CCCNC2CCC(C(=O)Nc3cccc4ccccc34)N2C1=O. The number of carbonyl (C=O) groups excluding carboxylic acids is 15. The van der Waals surface area contributed by atoms with Gasteiger partial charge in [-0.15, -0.1) is 0 Å². The second-order valence-electron chi connectivity index (χ2n) is 38.6. The Kier molecular flexibility index (Phi) is 41.5. The molecule has 0 aromatic heterocycles. The maximum absolute atomic E-state index is 13.9. The van der Waals surface area contributed by atoms with Gasteiger partial charge in [0.05, 0.1) is 24.4 Å². The largest absolute Gasteiger partial charge is 0.347 e. The van der Waals surface area contributed by atoms with Crippen LogP contribution in [0.1, 0.15) is 281 Å². The summed E-state index contributed by atoms with van der Waals surface area (Å²) in [5.41, 5.74) is 6.27. The summed E-state index contributed by atoms with van der Waals surface area (Å²) in [5, 5.41) is 34.9. The molecule has 8 fully saturated rings. The molecule has 0 saturated carbocycles. The van der Waals surface area contributed by atoms with Crippen LogP contribution < -0.4 is 53.2 Å². The fraction of sp³-hybridized carbons (Fsp3) is 0.569. The number of aryl methyl sites for hydroxylation is 2. The van der Waals surface area contributed by atoms with Crippen LogP contribution in [0.2, 0.25) is 0 Å². The fourth-order valence-electron chi connectivity index (χ4n) is 21.0. The highest BCUT2D eigenvalue weighted by Gasteiger charge is 2.52. The zero-order chi connectivity index (χ0) is 98.0. The van der Waals surface area contributed by atoms with Crippen LogP contribution in [0.15, 0.2) is 133 Å². The van der Waals surface area contributed by atoms with Crippen molar-refractivity contribution in [3.8, 4) is 0 Å². The number of carbonyl (C=O) groups is 15. The number of anilines is 2. The minimum absolute atomic E-state index is 0. The monoisotopic (exact) mass is 1940 g/mol. The van der Waals surface area contributed by atoms with Gasteiger partial charge in [-0.05, 0) is 226 Å². The molecule has 141 heavy (non-hydrogen) atoms. The summed E-state index contributed by atoms with van der Waals surface area (Å²) in [7, 11) is 1.53. The number of amides is 15. The van der Waals surface area contributed by atoms with Gasteiger partial charge >= 0.3 is 0 Å². The van der Waals surface area contributed by atoms with Crippen LogP contribution in [-0.2, 0) is 84.8 Å². The summed E-state index contributed by atoms with van der Waals surface area (Å²) in [6.07, 6.45) is 15.9. The normalized spacial score (nSPS) is 24.8. The predicted molar refractivity (Wildman–Crippen MR) is 549 cm³/mol. The van der Waals surface area contributed by atoms with Crippen LogP contribution in [0.3, 0.4) is 0 Å². The zero-order valence-corrected chi connectivity index (χ0v) is 81.4. The molecule has 0 bridgehead atoms. The van der Waals surface area contributed by atoms with Crippen molar-refractivity contribution in [3.05, 3.63) is 156 Å². The molecule has 8 aliphatic heterocycles. The topological polar surface area (TPSA) is 399 Å². The van der Waals surface area contributed by atoms with E-state index in [0.717, 1.165) is 117 Å². The van der Waals surface area contributed by atoms with E-state index < -0.39 is 78.5 Å². The van der Waals surface area contributed by atoms with Gasteiger partial charge in [-0.2, -0.15) is 0 Å². The second kappa shape index (κ2) is 52.0. The van der Waals surface area contributed by atoms with Crippen LogP contribution in [0.25, 0.3) is 21.5 Å². The Morgan fingerprint density at radius 1 is 0.355 bits per heavy atom. The summed E-state index contributed by atoms with van der Waals surface area (Å²) in [4.78, 5) is 207. The maximum Gasteiger partial charge on any atom is 0.247 e. The lowest BCUT2D eigenvalue weighted by Gasteiger charge is -2.41. The van der Waals surface area contributed by atoms with Crippen LogP contribution >= 0.6 is 0 Å². The number of hydrogen-bond acceptors (Lipinski definition) is 17. The molecule has 18 atom stereocenters. The molecule has 2 aliphatic carbocycles. The number of likely N-dealkylation sites (N-methyl/N-ethyl adjacent to an activating group) is 1. The number of nitrogens with one attached hydrogen (secondary N) is 10. The molecule has 6 aromatic rings. The lowest BCUT2D eigenvalue weighted by Crippen LogP contribution is -2.61. The smallest absolute Gasteiger partial charge is 0.247 e. The minimum Gasteiger partial charge on any atom is -0.347 e. The van der Waals surface area contributed by atoms with Crippen LogP contribution in [0.4, 0.5) is 11.4 Å². The number of fused-ring (bicyclic) bond motifs is 8. The van der Waals surface area contributed by atoms with E-state index in [-0.39, 0.29) is 149 Å². The van der Waals surface area contributed by atoms with Gasteiger partial charge in [0.1, 0.15) is 66.7 Å². The Hall–Kier alpha value is -12.2. The highest BCUT2D eigenvalue weighted by atomic mass is 16.2. The number of benzene rings is 6. The third-order valence-corrected chi connectivity index (χ3v) is 29.7. The highest BCUT2D eigenvalue weighted by molar-refractivity contribution is 6.07. The fourth-order valence-corrected chi connectivity index (χ4v) is 21.0. The van der Waals surface area contributed by atoms with E-state index in [1.54, 1.807) is 31.4 Å². The van der Waals surface area contributed by atoms with E-state index in [9.17, 15) is 71.9 Å². The van der Waals surface area contributed by atoms with Gasteiger partial charge in [0.15, 0.2) is 0 Å². The summed E-state index contributed by atoms with van der Waals surface area (Å²) in [6.45, 7) is 19.8. The third kappa shape index (κ3) is 26.6. The summed E-state index contributed by atoms with van der Waals surface area (Å²) in [5.74, 6) is -3.56. The standard InChI is InChI=1S/C28H35N5O5.C27H38N4O4.C25H36N4O3.C25H32N4O3.4CH4/c1-17(31(4)18(2)34)26(36)30-23-13-8-16-32(19(3)35)25-15-14-24(33(25)28(23)38)27(37)29-22-12-7-10-20-9-5-6-11-21(20)22;1-4-17(2)25(33)29-22-13-8-16-30(18(3)32)24-15-14-23(31(24)27(22)35)26(34)28-21-12-7-10-19-9-5-6-11-20(19)21;2*1-3-16(2)23(30)28-20-12-7-15-26-22-14-13-21(29(22)25(20)32)24(31)27-19-11-6-9-17-8-4-5-10-18(17)19;;;;/h5-7,9-12,17,23-25H,8,13-16H2,1-4H3,(H,29,37)(H,30,36);5-6,9,11,17,21-24H,4,7-8,10,12-16H2,1-3H3,(H,28,34)(H,29,33);4-5,8,10,16,19-22,26H,3,6-7,9,11-15H2,1-2H3,(H,27,31)(H,28,30);4-6,8-11,16,20-22,26H,3,7,12-15H2,1-2H3,(H,27,31)(H,28,30);4*1H4/t17-,23?,24?,25+;17-,21?,22?,23?,24?;16-,19?,20?,21?,22?;16-,20?,21?,22?;;;;/m0111..../s1. The van der Waals surface area contributed by atoms with Crippen molar-refractivity contribution in [2.75, 3.05) is 43.9 Å². The Bertz CT molecular complexity index is 5390. The van der Waals surface area contributed by atoms with Crippen molar-refractivity contribution >= 4 is 122 Å². The van der Waals surface area contributed by atoms with Crippen molar-refractivity contribution in [1.29, 1.82) is 0 Å². The van der Waals surface area contributed by atoms with E-state index in [1.807, 2.05) is 151 Å². The van der Waals surface area contributed by atoms with E-state index in [2.05, 4.69) is 77.4 Å². The van der Waals surface area contributed by atoms with E-state index in [1.165, 1.54) is 54.3 Å². The average Bonchev–Trinajstić information content (AvgIpc) is 1.64. The van der Waals surface area contributed by atoms with Crippen molar-refractivity contribution in [2.24, 2.45) is 17.8 Å². The molecule has 32 nitrogen and oxygen atoms in total. The molecule has 15 amide bonds. The van der Waals surface area contributed by atoms with E-state index in [4.69, 9.17) is 0 Å². The minimum atomic E-state index is -0.868. The zero-order valence-electron chi connectivity index (χ0n) is 81.4. The second-order valence-corrected chi connectivity index (χ2v) is 38.6. The molecule has 32 heteroatoms. The molecular formula is C109H157N17O15. The van der Waals surface area contributed by atoms with Crippen LogP contribution in [-0.4, -0.2) is 235 Å². The average molecular weight is 1950 g/mol. The van der Waals surface area contributed by atoms with Crippen LogP contribution in [0.5, 0.6) is 0 Å². The molecular weight excluding hydrogens is 1790 g/mol. The van der Waals surface area contributed by atoms with Gasteiger partial charge in [0, 0.05) is 80.8 Å². The number of hydrogen-bond donors (Lipinski definition) is 10. The lowest BCUT2D eigenvalue weighted by molar-refractivity contribution is -0.153. The van der Waals surface area contributed by atoms with Crippen molar-refractivity contribution in [2.45, 2.75) is 351 Å². The molecule has 6 aromatic carbocycles. The molecule has 8 heterocycles. The molecule has 8 saturated heterocycles. The Labute approximate surface area is 833 Å². The first-order valence-electron chi connectivity index (χ1n) is 50.0. The summed E-state index contributed by atoms with van der Waals surface area (Å²) < 4.78 is 0. The Balaban J connectivity index is 0.000000208. The molecule has 0 spiro atoms. The van der Waals surface area contributed by atoms with E-state index in [0.29, 0.717) is 109 Å². The molecule has 10 N–H and O–H groups in total. The Morgan fingerprint density at radius 2 is 0.674 bits per heavy atom. The van der Waals surface area contributed by atoms with Crippen LogP contribution in [0, 0.1) is 17.8 Å². The summed E-state index contributed by atoms with van der Waals surface area (Å²) in [6, 6.07) is 37.4. The van der Waals surface area contributed by atoms with Gasteiger partial charge in [-0.25, -0.2) is 0 Å². The van der Waals surface area contributed by atoms with Crippen molar-refractivity contribution in [1.82, 2.24) is 76.8 Å². The molecule has 0 radical (unpaired) electrons. The van der Waals surface area contributed by atoms with Gasteiger partial charge in [0.25, 0.3) is 0 Å². The number of rotatable bonds is 20. The van der Waals surface area contributed by atoms with E-state index >= 15 is 0 Å². The van der Waals surface area contributed by atoms with Gasteiger partial charge in [0.2, 0.25) is 88.6 Å².